The first-order valence-corrected chi connectivity index (χ1v) is 7.44. The number of alkyl halides is 1. The molecule has 0 fully saturated rings. The van der Waals surface area contributed by atoms with Crippen molar-refractivity contribution in [1.29, 1.82) is 0 Å². The van der Waals surface area contributed by atoms with Crippen LogP contribution < -0.4 is 4.74 Å². The fraction of sp³-hybridized carbons (Fsp3) is 0.308. The van der Waals surface area contributed by atoms with Crippen LogP contribution in [0.1, 0.15) is 15.7 Å². The second-order valence-corrected chi connectivity index (χ2v) is 5.88. The molecule has 104 valence electrons. The number of rotatable bonds is 4. The molecule has 0 radical (unpaired) electrons. The van der Waals surface area contributed by atoms with Crippen LogP contribution >= 0.6 is 22.9 Å². The van der Waals surface area contributed by atoms with Crippen molar-refractivity contribution in [2.24, 2.45) is 0 Å². The molecule has 0 saturated heterocycles. The van der Waals surface area contributed by atoms with Gasteiger partial charge in [0.05, 0.1) is 24.5 Å². The van der Waals surface area contributed by atoms with Crippen LogP contribution in [-0.4, -0.2) is 26.6 Å². The molecule has 0 N–H and O–H groups in total. The van der Waals surface area contributed by atoms with Crippen LogP contribution in [0.15, 0.2) is 18.3 Å². The summed E-state index contributed by atoms with van der Waals surface area (Å²) in [6.45, 7) is 2.66. The summed E-state index contributed by atoms with van der Waals surface area (Å²) in [7, 11) is 1.60. The molecule has 0 unspecified atom stereocenters. The van der Waals surface area contributed by atoms with Gasteiger partial charge in [-0.2, -0.15) is 4.98 Å². The molecule has 0 spiro atoms. The molecule has 3 rings (SSSR count). The molecule has 0 aliphatic heterocycles. The second kappa shape index (κ2) is 5.38. The Hall–Kier alpha value is -1.66. The molecule has 0 saturated carbocycles. The number of methoxy groups -OCH3 is 1. The molecule has 3 aromatic rings. The molecule has 0 amide bonds. The minimum atomic E-state index is 0.344. The van der Waals surface area contributed by atoms with Gasteiger partial charge < -0.3 is 9.30 Å². The van der Waals surface area contributed by atoms with Crippen molar-refractivity contribution in [1.82, 2.24) is 19.5 Å². The predicted molar refractivity (Wildman–Crippen MR) is 79.6 cm³/mol. The Labute approximate surface area is 125 Å². The van der Waals surface area contributed by atoms with Crippen molar-refractivity contribution in [3.8, 4) is 5.88 Å². The number of ether oxygens (including phenoxy) is 1. The van der Waals surface area contributed by atoms with Crippen LogP contribution in [0.3, 0.4) is 0 Å². The first kappa shape index (κ1) is 13.3. The highest BCUT2D eigenvalue weighted by molar-refractivity contribution is 7.11. The maximum absolute atomic E-state index is 5.99. The average molecular weight is 309 g/mol. The summed E-state index contributed by atoms with van der Waals surface area (Å²) in [6.07, 6.45) is 1.88. The number of fused-ring (bicyclic) bond motifs is 1. The lowest BCUT2D eigenvalue weighted by Crippen LogP contribution is -2.03. The highest BCUT2D eigenvalue weighted by atomic mass is 35.5. The van der Waals surface area contributed by atoms with Crippen molar-refractivity contribution in [2.75, 3.05) is 7.11 Å². The molecule has 3 aromatic heterocycles. The minimum Gasteiger partial charge on any atom is -0.481 e. The van der Waals surface area contributed by atoms with Gasteiger partial charge in [-0.15, -0.1) is 22.9 Å². The number of aryl methyl sites for hydroxylation is 1. The van der Waals surface area contributed by atoms with E-state index in [9.17, 15) is 0 Å². The maximum Gasteiger partial charge on any atom is 0.215 e. The normalized spacial score (nSPS) is 11.2. The van der Waals surface area contributed by atoms with Gasteiger partial charge in [0.15, 0.2) is 5.65 Å². The van der Waals surface area contributed by atoms with Crippen LogP contribution in [-0.2, 0) is 12.4 Å². The Morgan fingerprint density at radius 1 is 1.35 bits per heavy atom. The van der Waals surface area contributed by atoms with Crippen molar-refractivity contribution in [3.63, 3.8) is 0 Å². The lowest BCUT2D eigenvalue weighted by Gasteiger charge is -2.05. The summed E-state index contributed by atoms with van der Waals surface area (Å²) < 4.78 is 7.19. The summed E-state index contributed by atoms with van der Waals surface area (Å²) in [5, 5.41) is 1.04. The van der Waals surface area contributed by atoms with E-state index < -0.39 is 0 Å². The molecule has 0 aliphatic rings. The molecular weight excluding hydrogens is 296 g/mol. The van der Waals surface area contributed by atoms with Gasteiger partial charge in [0.25, 0.3) is 0 Å². The zero-order valence-electron chi connectivity index (χ0n) is 11.1. The van der Waals surface area contributed by atoms with E-state index in [-0.39, 0.29) is 0 Å². The van der Waals surface area contributed by atoms with Crippen molar-refractivity contribution >= 4 is 34.1 Å². The third kappa shape index (κ3) is 2.36. The Morgan fingerprint density at radius 3 is 2.85 bits per heavy atom. The molecule has 20 heavy (non-hydrogen) atoms. The minimum absolute atomic E-state index is 0.344. The molecule has 0 aliphatic carbocycles. The third-order valence-corrected chi connectivity index (χ3v) is 4.09. The van der Waals surface area contributed by atoms with E-state index in [0.717, 1.165) is 26.9 Å². The van der Waals surface area contributed by atoms with Gasteiger partial charge in [0, 0.05) is 17.1 Å². The topological polar surface area (TPSA) is 52.8 Å². The Balaban J connectivity index is 2.10. The highest BCUT2D eigenvalue weighted by Crippen LogP contribution is 2.22. The Kier molecular flexibility index (Phi) is 3.58. The molecule has 0 aromatic carbocycles. The number of halogens is 1. The first-order chi connectivity index (χ1) is 9.71. The zero-order chi connectivity index (χ0) is 14.1. The fourth-order valence-corrected chi connectivity index (χ4v) is 3.04. The van der Waals surface area contributed by atoms with Crippen molar-refractivity contribution in [3.05, 3.63) is 34.0 Å². The average Bonchev–Trinajstić information content (AvgIpc) is 3.03. The quantitative estimate of drug-likeness (QED) is 0.695. The Morgan fingerprint density at radius 2 is 2.20 bits per heavy atom. The predicted octanol–water partition coefficient (Wildman–Crippen LogP) is 2.99. The molecule has 3 heterocycles. The molecule has 0 atom stereocenters. The summed E-state index contributed by atoms with van der Waals surface area (Å²) in [5.74, 6) is 1.71. The SMILES string of the molecule is COc1ccc2nc(CCl)n(Cc3cnc(C)s3)c2n1. The summed E-state index contributed by atoms with van der Waals surface area (Å²) in [5.41, 5.74) is 1.61. The van der Waals surface area contributed by atoms with Gasteiger partial charge in [-0.1, -0.05) is 0 Å². The largest absolute Gasteiger partial charge is 0.481 e. The van der Waals surface area contributed by atoms with E-state index in [0.29, 0.717) is 18.3 Å². The Bertz CT molecular complexity index is 752. The maximum atomic E-state index is 5.99. The van der Waals surface area contributed by atoms with E-state index in [1.54, 1.807) is 24.5 Å². The van der Waals surface area contributed by atoms with Crippen LogP contribution in [0.25, 0.3) is 11.2 Å². The standard InChI is InChI=1S/C13H13ClN4OS/c1-8-15-6-9(20-8)7-18-11(5-14)16-10-3-4-12(19-2)17-13(10)18/h3-4,6H,5,7H2,1-2H3. The van der Waals surface area contributed by atoms with Crippen LogP contribution in [0.2, 0.25) is 0 Å². The van der Waals surface area contributed by atoms with Gasteiger partial charge in [-0.25, -0.2) is 9.97 Å². The van der Waals surface area contributed by atoms with Crippen LogP contribution in [0.5, 0.6) is 5.88 Å². The number of pyridine rings is 1. The van der Waals surface area contributed by atoms with Gasteiger partial charge in [0.1, 0.15) is 11.3 Å². The summed E-state index contributed by atoms with van der Waals surface area (Å²) in [6, 6.07) is 3.69. The van der Waals surface area contributed by atoms with Crippen molar-refractivity contribution < 1.29 is 4.74 Å². The molecule has 5 nitrogen and oxygen atoms in total. The van der Waals surface area contributed by atoms with Crippen LogP contribution in [0.4, 0.5) is 0 Å². The lowest BCUT2D eigenvalue weighted by molar-refractivity contribution is 0.399. The van der Waals surface area contributed by atoms with Crippen molar-refractivity contribution in [2.45, 2.75) is 19.3 Å². The summed E-state index contributed by atoms with van der Waals surface area (Å²) >= 11 is 7.66. The lowest BCUT2D eigenvalue weighted by atomic mass is 10.4. The van der Waals surface area contributed by atoms with E-state index in [4.69, 9.17) is 16.3 Å². The van der Waals surface area contributed by atoms with E-state index in [1.165, 1.54) is 0 Å². The molecular formula is C13H13ClN4OS. The summed E-state index contributed by atoms with van der Waals surface area (Å²) in [4.78, 5) is 14.4. The zero-order valence-corrected chi connectivity index (χ0v) is 12.7. The van der Waals surface area contributed by atoms with Gasteiger partial charge in [-0.05, 0) is 13.0 Å². The molecule has 0 bridgehead atoms. The number of thiazole rings is 1. The van der Waals surface area contributed by atoms with E-state index >= 15 is 0 Å². The number of imidazole rings is 1. The smallest absolute Gasteiger partial charge is 0.215 e. The van der Waals surface area contributed by atoms with E-state index in [2.05, 4.69) is 15.0 Å². The number of nitrogens with zero attached hydrogens (tertiary/aromatic N) is 4. The van der Waals surface area contributed by atoms with Crippen LogP contribution in [0, 0.1) is 6.92 Å². The second-order valence-electron chi connectivity index (χ2n) is 4.29. The number of hydrogen-bond acceptors (Lipinski definition) is 5. The monoisotopic (exact) mass is 308 g/mol. The van der Waals surface area contributed by atoms with E-state index in [1.807, 2.05) is 23.8 Å². The molecule has 7 heteroatoms. The third-order valence-electron chi connectivity index (χ3n) is 2.96. The number of hydrogen-bond donors (Lipinski definition) is 0. The van der Waals surface area contributed by atoms with Gasteiger partial charge in [-0.3, -0.25) is 0 Å². The first-order valence-electron chi connectivity index (χ1n) is 6.08. The number of aromatic nitrogens is 4. The van der Waals surface area contributed by atoms with Gasteiger partial charge >= 0.3 is 0 Å². The highest BCUT2D eigenvalue weighted by Gasteiger charge is 2.13. The van der Waals surface area contributed by atoms with Gasteiger partial charge in [0.2, 0.25) is 5.88 Å². The fourth-order valence-electron chi connectivity index (χ4n) is 2.05.